The first-order valence-electron chi connectivity index (χ1n) is 12.0. The number of nitrogens with zero attached hydrogens (tertiary/aromatic N) is 1. The minimum atomic E-state index is -4.38. The number of thiazole rings is 1. The Morgan fingerprint density at radius 2 is 1.87 bits per heavy atom. The summed E-state index contributed by atoms with van der Waals surface area (Å²) in [7, 11) is -3.06. The van der Waals surface area contributed by atoms with Gasteiger partial charge in [0.1, 0.15) is 16.5 Å². The predicted molar refractivity (Wildman–Crippen MR) is 142 cm³/mol. The second-order valence-corrected chi connectivity index (χ2v) is 12.3. The maximum absolute atomic E-state index is 13.5. The molecule has 2 aromatic carbocycles. The summed E-state index contributed by atoms with van der Waals surface area (Å²) in [5.41, 5.74) is -0.109. The van der Waals surface area contributed by atoms with Gasteiger partial charge in [0, 0.05) is 24.3 Å². The number of rotatable bonds is 9. The van der Waals surface area contributed by atoms with Crippen LogP contribution in [0.5, 0.6) is 5.75 Å². The first-order chi connectivity index (χ1) is 17.9. The average molecular weight is 570 g/mol. The number of hydrogen-bond donors (Lipinski definition) is 2. The van der Waals surface area contributed by atoms with E-state index in [1.54, 1.807) is 6.07 Å². The third kappa shape index (κ3) is 6.08. The SMILES string of the molecule is COc1ccc(-c2sc(NC(C)(C)C3CCOCC3)nc2C)cc1S(=O)(=O)Nc1ccc(F)cc1C(F)F. The van der Waals surface area contributed by atoms with Crippen molar-refractivity contribution in [2.75, 3.05) is 30.4 Å². The molecule has 1 aromatic heterocycles. The van der Waals surface area contributed by atoms with Crippen molar-refractivity contribution >= 4 is 32.2 Å². The van der Waals surface area contributed by atoms with Gasteiger partial charge in [-0.15, -0.1) is 0 Å². The van der Waals surface area contributed by atoms with Crippen molar-refractivity contribution in [2.24, 2.45) is 5.92 Å². The Kier molecular flexibility index (Phi) is 8.24. The molecular weight excluding hydrogens is 539 g/mol. The van der Waals surface area contributed by atoms with Crippen molar-refractivity contribution in [1.29, 1.82) is 0 Å². The van der Waals surface area contributed by atoms with Gasteiger partial charge in [-0.2, -0.15) is 0 Å². The molecule has 0 bridgehead atoms. The lowest BCUT2D eigenvalue weighted by Gasteiger charge is -2.37. The number of hydrogen-bond acceptors (Lipinski definition) is 7. The van der Waals surface area contributed by atoms with Gasteiger partial charge in [-0.3, -0.25) is 4.72 Å². The van der Waals surface area contributed by atoms with E-state index in [2.05, 4.69) is 28.9 Å². The lowest BCUT2D eigenvalue weighted by Crippen LogP contribution is -2.42. The van der Waals surface area contributed by atoms with E-state index < -0.39 is 33.5 Å². The van der Waals surface area contributed by atoms with Crippen LogP contribution >= 0.6 is 11.3 Å². The Morgan fingerprint density at radius 1 is 1.16 bits per heavy atom. The van der Waals surface area contributed by atoms with Gasteiger partial charge in [-0.1, -0.05) is 11.3 Å². The van der Waals surface area contributed by atoms with Crippen molar-refractivity contribution in [2.45, 2.75) is 50.5 Å². The number of anilines is 2. The van der Waals surface area contributed by atoms with Crippen LogP contribution in [0.4, 0.5) is 24.0 Å². The highest BCUT2D eigenvalue weighted by Crippen LogP contribution is 2.39. The smallest absolute Gasteiger partial charge is 0.265 e. The lowest BCUT2D eigenvalue weighted by molar-refractivity contribution is 0.0491. The Morgan fingerprint density at radius 3 is 2.53 bits per heavy atom. The fraction of sp³-hybridized carbons (Fsp3) is 0.423. The maximum atomic E-state index is 13.5. The largest absolute Gasteiger partial charge is 0.495 e. The summed E-state index contributed by atoms with van der Waals surface area (Å²) >= 11 is 1.40. The minimum Gasteiger partial charge on any atom is -0.495 e. The molecule has 0 atom stereocenters. The van der Waals surface area contributed by atoms with Crippen molar-refractivity contribution in [1.82, 2.24) is 4.98 Å². The molecule has 0 radical (unpaired) electrons. The summed E-state index contributed by atoms with van der Waals surface area (Å²) in [6.45, 7) is 7.55. The van der Waals surface area contributed by atoms with Gasteiger partial charge >= 0.3 is 0 Å². The van der Waals surface area contributed by atoms with Crippen LogP contribution in [0.15, 0.2) is 41.3 Å². The summed E-state index contributed by atoms with van der Waals surface area (Å²) in [4.78, 5) is 5.18. The number of halogens is 3. The zero-order chi connectivity index (χ0) is 27.7. The van der Waals surface area contributed by atoms with Crippen LogP contribution in [0, 0.1) is 18.7 Å². The molecule has 0 saturated carbocycles. The van der Waals surface area contributed by atoms with Crippen LogP contribution in [-0.2, 0) is 14.8 Å². The topological polar surface area (TPSA) is 89.5 Å². The van der Waals surface area contributed by atoms with E-state index in [9.17, 15) is 21.6 Å². The molecule has 1 saturated heterocycles. The van der Waals surface area contributed by atoms with Crippen molar-refractivity contribution < 1.29 is 31.1 Å². The monoisotopic (exact) mass is 569 g/mol. The van der Waals surface area contributed by atoms with E-state index in [4.69, 9.17) is 9.47 Å². The summed E-state index contributed by atoms with van der Waals surface area (Å²) in [6, 6.07) is 7.12. The molecule has 0 aliphatic carbocycles. The van der Waals surface area contributed by atoms with Gasteiger partial charge in [0.25, 0.3) is 16.4 Å². The Labute approximate surface area is 224 Å². The van der Waals surface area contributed by atoms with Gasteiger partial charge in [0.2, 0.25) is 0 Å². The molecule has 7 nitrogen and oxygen atoms in total. The van der Waals surface area contributed by atoms with Crippen LogP contribution in [0.1, 0.15) is 44.4 Å². The van der Waals surface area contributed by atoms with Crippen LogP contribution in [0.2, 0.25) is 0 Å². The summed E-state index contributed by atoms with van der Waals surface area (Å²) in [5.74, 6) is -0.451. The molecule has 2 heterocycles. The quantitative estimate of drug-likeness (QED) is 0.301. The third-order valence-electron chi connectivity index (χ3n) is 6.68. The second-order valence-electron chi connectivity index (χ2n) is 9.67. The Balaban J connectivity index is 1.66. The standard InChI is InChI=1S/C26H30F3N3O4S2/c1-15-23(37-25(30-15)31-26(2,3)17-9-11-36-12-10-17)16-5-8-21(35-4)22(13-16)38(33,34)32-20-7-6-18(27)14-19(20)24(28)29/h5-8,13-14,17,24,32H,9-12H2,1-4H3,(H,30,31). The Hall–Kier alpha value is -2.83. The van der Waals surface area contributed by atoms with Crippen molar-refractivity contribution in [3.63, 3.8) is 0 Å². The molecule has 2 N–H and O–H groups in total. The molecule has 38 heavy (non-hydrogen) atoms. The molecule has 0 unspecified atom stereocenters. The maximum Gasteiger partial charge on any atom is 0.265 e. The van der Waals surface area contributed by atoms with Crippen LogP contribution < -0.4 is 14.8 Å². The van der Waals surface area contributed by atoms with Crippen molar-refractivity contribution in [3.05, 3.63) is 53.5 Å². The molecule has 3 aromatic rings. The van der Waals surface area contributed by atoms with E-state index >= 15 is 0 Å². The summed E-state index contributed by atoms with van der Waals surface area (Å²) in [5, 5.41) is 4.24. The molecule has 0 amide bonds. The number of nitrogens with one attached hydrogen (secondary N) is 2. The fourth-order valence-corrected chi connectivity index (χ4v) is 6.96. The van der Waals surface area contributed by atoms with E-state index in [1.165, 1.54) is 30.6 Å². The summed E-state index contributed by atoms with van der Waals surface area (Å²) < 4.78 is 80.0. The third-order valence-corrected chi connectivity index (χ3v) is 9.18. The highest BCUT2D eigenvalue weighted by Gasteiger charge is 2.32. The first kappa shape index (κ1) is 28.2. The second kappa shape index (κ2) is 11.1. The number of benzene rings is 2. The minimum absolute atomic E-state index is 0.0307. The van der Waals surface area contributed by atoms with Crippen LogP contribution in [0.3, 0.4) is 0 Å². The summed E-state index contributed by atoms with van der Waals surface area (Å²) in [6.07, 6.45) is -1.18. The predicted octanol–water partition coefficient (Wildman–Crippen LogP) is 6.62. The molecule has 1 aliphatic rings. The number of ether oxygens (including phenoxy) is 2. The number of aromatic nitrogens is 1. The number of methoxy groups -OCH3 is 1. The van der Waals surface area contributed by atoms with Gasteiger partial charge in [-0.25, -0.2) is 26.6 Å². The molecule has 4 rings (SSSR count). The first-order valence-corrected chi connectivity index (χ1v) is 14.3. The van der Waals surface area contributed by atoms with E-state index in [0.29, 0.717) is 28.4 Å². The average Bonchev–Trinajstić information content (AvgIpc) is 3.24. The van der Waals surface area contributed by atoms with Crippen LogP contribution in [-0.4, -0.2) is 39.3 Å². The van der Waals surface area contributed by atoms with Gasteiger partial charge < -0.3 is 14.8 Å². The van der Waals surface area contributed by atoms with Gasteiger partial charge in [0.05, 0.1) is 23.4 Å². The van der Waals surface area contributed by atoms with Gasteiger partial charge in [-0.05, 0) is 81.5 Å². The lowest BCUT2D eigenvalue weighted by atomic mass is 9.82. The highest BCUT2D eigenvalue weighted by atomic mass is 32.2. The molecule has 1 aliphatic heterocycles. The van der Waals surface area contributed by atoms with E-state index in [1.807, 2.05) is 6.92 Å². The molecule has 206 valence electrons. The molecular formula is C26H30F3N3O4S2. The zero-order valence-corrected chi connectivity index (χ0v) is 23.1. The fourth-order valence-electron chi connectivity index (χ4n) is 4.55. The number of sulfonamides is 1. The van der Waals surface area contributed by atoms with Crippen LogP contribution in [0.25, 0.3) is 10.4 Å². The number of alkyl halides is 2. The van der Waals surface area contributed by atoms with Gasteiger partial charge in [0.15, 0.2) is 5.13 Å². The zero-order valence-electron chi connectivity index (χ0n) is 21.5. The van der Waals surface area contributed by atoms with E-state index in [-0.39, 0.29) is 16.2 Å². The van der Waals surface area contributed by atoms with E-state index in [0.717, 1.165) is 43.1 Å². The van der Waals surface area contributed by atoms with Crippen molar-refractivity contribution in [3.8, 4) is 16.2 Å². The molecule has 12 heteroatoms. The molecule has 0 spiro atoms. The Bertz CT molecular complexity index is 1400. The number of aryl methyl sites for hydroxylation is 1. The molecule has 1 fully saturated rings. The highest BCUT2D eigenvalue weighted by molar-refractivity contribution is 7.92. The normalized spacial score (nSPS) is 15.1.